The van der Waals surface area contributed by atoms with Crippen LogP contribution in [0.2, 0.25) is 5.02 Å². The van der Waals surface area contributed by atoms with Crippen LogP contribution in [0.3, 0.4) is 0 Å². The number of nitrogens with one attached hydrogen (secondary N) is 1. The second kappa shape index (κ2) is 5.19. The predicted molar refractivity (Wildman–Crippen MR) is 69.0 cm³/mol. The Bertz CT molecular complexity index is 496. The summed E-state index contributed by atoms with van der Waals surface area (Å²) in [6, 6.07) is 7.03. The average molecular weight is 284 g/mol. The minimum absolute atomic E-state index is 0.255. The van der Waals surface area contributed by atoms with E-state index in [9.17, 15) is 9.59 Å². The van der Waals surface area contributed by atoms with Crippen LogP contribution in [0.5, 0.6) is 0 Å². The van der Waals surface area contributed by atoms with Crippen LogP contribution in [0, 0.1) is 0 Å². The van der Waals surface area contributed by atoms with Crippen molar-refractivity contribution in [2.75, 3.05) is 6.54 Å². The number of amides is 1. The Morgan fingerprint density at radius 3 is 2.37 bits per heavy atom. The standard InChI is InChI=1S/C13H14ClNO4/c14-9-3-1-8(2-4-9)13(5-6-13)12(19)15-7-10(16)11(17)18/h1-4,10,16H,5-7H2,(H,15,19)(H,17,18). The van der Waals surface area contributed by atoms with Gasteiger partial charge in [-0.3, -0.25) is 4.79 Å². The van der Waals surface area contributed by atoms with E-state index < -0.39 is 17.5 Å². The van der Waals surface area contributed by atoms with E-state index in [2.05, 4.69) is 5.32 Å². The molecule has 5 nitrogen and oxygen atoms in total. The van der Waals surface area contributed by atoms with Gasteiger partial charge in [-0.1, -0.05) is 23.7 Å². The number of aliphatic carboxylic acids is 1. The maximum atomic E-state index is 12.1. The summed E-state index contributed by atoms with van der Waals surface area (Å²) < 4.78 is 0. The maximum absolute atomic E-state index is 12.1. The summed E-state index contributed by atoms with van der Waals surface area (Å²) in [5, 5.41) is 20.8. The zero-order valence-corrected chi connectivity index (χ0v) is 10.9. The zero-order valence-electron chi connectivity index (χ0n) is 10.1. The Kier molecular flexibility index (Phi) is 3.78. The Morgan fingerprint density at radius 2 is 1.89 bits per heavy atom. The molecule has 0 aliphatic heterocycles. The van der Waals surface area contributed by atoms with Crippen molar-refractivity contribution < 1.29 is 19.8 Å². The van der Waals surface area contributed by atoms with Crippen LogP contribution in [0.25, 0.3) is 0 Å². The summed E-state index contributed by atoms with van der Waals surface area (Å²) in [5.41, 5.74) is 0.266. The summed E-state index contributed by atoms with van der Waals surface area (Å²) in [6.45, 7) is -0.288. The molecule has 0 aromatic heterocycles. The molecular weight excluding hydrogens is 270 g/mol. The summed E-state index contributed by atoms with van der Waals surface area (Å²) in [6.07, 6.45) is -0.155. The fourth-order valence-corrected chi connectivity index (χ4v) is 2.11. The molecule has 1 aliphatic rings. The molecule has 0 heterocycles. The zero-order chi connectivity index (χ0) is 14.0. The van der Waals surface area contributed by atoms with Crippen LogP contribution >= 0.6 is 11.6 Å². The summed E-state index contributed by atoms with van der Waals surface area (Å²) in [4.78, 5) is 22.6. The first-order valence-electron chi connectivity index (χ1n) is 5.91. The molecule has 1 aliphatic carbocycles. The number of aliphatic hydroxyl groups excluding tert-OH is 1. The fraction of sp³-hybridized carbons (Fsp3) is 0.385. The van der Waals surface area contributed by atoms with Crippen molar-refractivity contribution in [1.29, 1.82) is 0 Å². The lowest BCUT2D eigenvalue weighted by molar-refractivity contribution is -0.146. The van der Waals surface area contributed by atoms with E-state index >= 15 is 0 Å². The molecule has 0 saturated heterocycles. The van der Waals surface area contributed by atoms with E-state index in [-0.39, 0.29) is 12.5 Å². The first-order valence-corrected chi connectivity index (χ1v) is 6.29. The number of aliphatic hydroxyl groups is 1. The molecule has 102 valence electrons. The van der Waals surface area contributed by atoms with Crippen molar-refractivity contribution >= 4 is 23.5 Å². The quantitative estimate of drug-likeness (QED) is 0.750. The van der Waals surface area contributed by atoms with E-state index in [1.54, 1.807) is 24.3 Å². The fourth-order valence-electron chi connectivity index (χ4n) is 1.99. The van der Waals surface area contributed by atoms with Gasteiger partial charge in [0.2, 0.25) is 5.91 Å². The summed E-state index contributed by atoms with van der Waals surface area (Å²) in [7, 11) is 0. The van der Waals surface area contributed by atoms with Crippen molar-refractivity contribution in [2.24, 2.45) is 0 Å². The van der Waals surface area contributed by atoms with E-state index in [4.69, 9.17) is 21.8 Å². The monoisotopic (exact) mass is 283 g/mol. The smallest absolute Gasteiger partial charge is 0.334 e. The summed E-state index contributed by atoms with van der Waals surface area (Å²) in [5.74, 6) is -1.60. The first kappa shape index (κ1) is 13.8. The van der Waals surface area contributed by atoms with Crippen molar-refractivity contribution in [3.05, 3.63) is 34.9 Å². The molecule has 2 rings (SSSR count). The van der Waals surface area contributed by atoms with Gasteiger partial charge in [-0.15, -0.1) is 0 Å². The van der Waals surface area contributed by atoms with Gasteiger partial charge in [0.25, 0.3) is 0 Å². The highest BCUT2D eigenvalue weighted by Crippen LogP contribution is 2.48. The van der Waals surface area contributed by atoms with E-state index in [1.165, 1.54) is 0 Å². The van der Waals surface area contributed by atoms with Gasteiger partial charge in [0, 0.05) is 5.02 Å². The maximum Gasteiger partial charge on any atom is 0.334 e. The lowest BCUT2D eigenvalue weighted by atomic mass is 9.95. The Balaban J connectivity index is 2.02. The average Bonchev–Trinajstić information content (AvgIpc) is 3.17. The third kappa shape index (κ3) is 2.88. The highest BCUT2D eigenvalue weighted by Gasteiger charge is 2.51. The third-order valence-corrected chi connectivity index (χ3v) is 3.57. The van der Waals surface area contributed by atoms with Crippen LogP contribution in [0.4, 0.5) is 0 Å². The molecule has 6 heteroatoms. The van der Waals surface area contributed by atoms with Crippen LogP contribution < -0.4 is 5.32 Å². The molecule has 1 unspecified atom stereocenters. The number of rotatable bonds is 5. The van der Waals surface area contributed by atoms with Gasteiger partial charge in [0.15, 0.2) is 6.10 Å². The van der Waals surface area contributed by atoms with Crippen molar-refractivity contribution in [3.8, 4) is 0 Å². The number of benzene rings is 1. The summed E-state index contributed by atoms with van der Waals surface area (Å²) >= 11 is 5.80. The van der Waals surface area contributed by atoms with Crippen molar-refractivity contribution in [3.63, 3.8) is 0 Å². The lowest BCUT2D eigenvalue weighted by Gasteiger charge is -2.16. The molecule has 1 fully saturated rings. The van der Waals surface area contributed by atoms with Crippen molar-refractivity contribution in [2.45, 2.75) is 24.4 Å². The van der Waals surface area contributed by atoms with Gasteiger partial charge >= 0.3 is 5.97 Å². The molecule has 0 bridgehead atoms. The Labute approximate surface area is 115 Å². The predicted octanol–water partition coefficient (Wildman–Crippen LogP) is 0.933. The molecule has 0 radical (unpaired) electrons. The highest BCUT2D eigenvalue weighted by molar-refractivity contribution is 6.30. The van der Waals surface area contributed by atoms with Gasteiger partial charge in [0.05, 0.1) is 12.0 Å². The topological polar surface area (TPSA) is 86.6 Å². The normalized spacial score (nSPS) is 17.6. The van der Waals surface area contributed by atoms with Gasteiger partial charge in [-0.2, -0.15) is 0 Å². The minimum Gasteiger partial charge on any atom is -0.479 e. The Morgan fingerprint density at radius 1 is 1.32 bits per heavy atom. The number of carboxylic acid groups (broad SMARTS) is 1. The van der Waals surface area contributed by atoms with Crippen LogP contribution in [0.1, 0.15) is 18.4 Å². The molecule has 19 heavy (non-hydrogen) atoms. The SMILES string of the molecule is O=C(O)C(O)CNC(=O)C1(c2ccc(Cl)cc2)CC1. The molecule has 1 aromatic rings. The van der Waals surface area contributed by atoms with Gasteiger partial charge in [-0.25, -0.2) is 4.79 Å². The third-order valence-electron chi connectivity index (χ3n) is 3.32. The van der Waals surface area contributed by atoms with Crippen LogP contribution in [-0.2, 0) is 15.0 Å². The molecule has 3 N–H and O–H groups in total. The van der Waals surface area contributed by atoms with Gasteiger partial charge in [0.1, 0.15) is 0 Å². The van der Waals surface area contributed by atoms with Gasteiger partial charge < -0.3 is 15.5 Å². The number of hydrogen-bond acceptors (Lipinski definition) is 3. The molecule has 1 saturated carbocycles. The van der Waals surface area contributed by atoms with Crippen LogP contribution in [0.15, 0.2) is 24.3 Å². The molecule has 1 atom stereocenters. The number of carbonyl (C=O) groups excluding carboxylic acids is 1. The Hall–Kier alpha value is -1.59. The lowest BCUT2D eigenvalue weighted by Crippen LogP contribution is -2.41. The van der Waals surface area contributed by atoms with Gasteiger partial charge in [-0.05, 0) is 30.5 Å². The second-order valence-corrected chi connectivity index (χ2v) is 5.09. The number of halogens is 1. The molecular formula is C13H14ClNO4. The largest absolute Gasteiger partial charge is 0.479 e. The molecule has 0 spiro atoms. The highest BCUT2D eigenvalue weighted by atomic mass is 35.5. The molecule has 1 amide bonds. The van der Waals surface area contributed by atoms with E-state index in [0.717, 1.165) is 5.56 Å². The van der Waals surface area contributed by atoms with E-state index in [1.807, 2.05) is 0 Å². The number of hydrogen-bond donors (Lipinski definition) is 3. The van der Waals surface area contributed by atoms with Crippen LogP contribution in [-0.4, -0.2) is 34.7 Å². The minimum atomic E-state index is -1.58. The van der Waals surface area contributed by atoms with E-state index in [0.29, 0.717) is 17.9 Å². The first-order chi connectivity index (χ1) is 8.95. The molecule has 1 aromatic carbocycles. The second-order valence-electron chi connectivity index (χ2n) is 4.65. The van der Waals surface area contributed by atoms with Crippen molar-refractivity contribution in [1.82, 2.24) is 5.32 Å². The number of carboxylic acids is 1. The number of carbonyl (C=O) groups is 2.